The van der Waals surface area contributed by atoms with Crippen molar-refractivity contribution in [2.75, 3.05) is 24.4 Å². The van der Waals surface area contributed by atoms with Crippen molar-refractivity contribution in [1.82, 2.24) is 5.06 Å². The van der Waals surface area contributed by atoms with Gasteiger partial charge in [-0.05, 0) is 57.7 Å². The van der Waals surface area contributed by atoms with Crippen LogP contribution in [-0.2, 0) is 20.9 Å². The molecule has 1 unspecified atom stereocenters. The number of rotatable bonds is 6. The fourth-order valence-corrected chi connectivity index (χ4v) is 2.97. The number of halogens is 1. The second-order valence-electron chi connectivity index (χ2n) is 7.31. The number of hydroxylamine groups is 2. The van der Waals surface area contributed by atoms with E-state index in [1.165, 1.54) is 0 Å². The van der Waals surface area contributed by atoms with Crippen LogP contribution in [0.25, 0.3) is 0 Å². The minimum Gasteiger partial charge on any atom is -0.492 e. The maximum absolute atomic E-state index is 11.9. The Kier molecular flexibility index (Phi) is 7.28. The molecule has 1 saturated heterocycles. The van der Waals surface area contributed by atoms with Crippen molar-refractivity contribution in [1.29, 1.82) is 0 Å². The Labute approximate surface area is 161 Å². The number of carbonyl (C=O) groups excluding carboxylic acids is 1. The molecule has 1 atom stereocenters. The highest BCUT2D eigenvalue weighted by molar-refractivity contribution is 7.80. The third-order valence-electron chi connectivity index (χ3n) is 4.01. The number of hydrogen-bond acceptors (Lipinski definition) is 5. The third kappa shape index (κ3) is 6.42. The summed E-state index contributed by atoms with van der Waals surface area (Å²) < 4.78 is 27.7. The molecule has 9 heteroatoms. The van der Waals surface area contributed by atoms with E-state index in [9.17, 15) is 9.00 Å². The lowest BCUT2D eigenvalue weighted by Crippen LogP contribution is -2.39. The molecular formula is C17H25ClN2O5S. The van der Waals surface area contributed by atoms with Crippen LogP contribution in [-0.4, -0.2) is 39.5 Å². The number of benzene rings is 1. The summed E-state index contributed by atoms with van der Waals surface area (Å²) in [6.45, 7) is 7.36. The molecule has 1 aliphatic rings. The zero-order chi connectivity index (χ0) is 19.3. The smallest absolute Gasteiger partial charge is 0.330 e. The van der Waals surface area contributed by atoms with Crippen LogP contribution in [0.2, 0.25) is 5.02 Å². The molecule has 0 amide bonds. The molecule has 0 aliphatic carbocycles. The van der Waals surface area contributed by atoms with Crippen molar-refractivity contribution in [2.24, 2.45) is 11.3 Å². The Hall–Kier alpha value is -1.35. The Bertz CT molecular complexity index is 657. The Morgan fingerprint density at radius 1 is 1.38 bits per heavy atom. The van der Waals surface area contributed by atoms with Gasteiger partial charge in [0.1, 0.15) is 5.75 Å². The van der Waals surface area contributed by atoms with Crippen LogP contribution in [0.4, 0.5) is 5.69 Å². The molecule has 0 bridgehead atoms. The van der Waals surface area contributed by atoms with E-state index in [1.54, 1.807) is 23.3 Å². The number of nitrogens with one attached hydrogen (secondary N) is 1. The van der Waals surface area contributed by atoms with Gasteiger partial charge >= 0.3 is 5.97 Å². The van der Waals surface area contributed by atoms with Crippen molar-refractivity contribution in [3.05, 3.63) is 23.2 Å². The highest BCUT2D eigenvalue weighted by atomic mass is 35.5. The zero-order valence-electron chi connectivity index (χ0n) is 15.2. The van der Waals surface area contributed by atoms with Crippen LogP contribution in [0.5, 0.6) is 5.75 Å². The first-order chi connectivity index (χ1) is 12.1. The predicted octanol–water partition coefficient (Wildman–Crippen LogP) is 3.48. The molecule has 0 radical (unpaired) electrons. The SMILES string of the molecule is CC(C)(C)C(=O)ON1CCC(COc2ccc(NS(=O)O)cc2Cl)CC1. The van der Waals surface area contributed by atoms with Crippen molar-refractivity contribution < 1.29 is 23.1 Å². The lowest BCUT2D eigenvalue weighted by Gasteiger charge is -2.32. The second-order valence-corrected chi connectivity index (χ2v) is 8.42. The molecule has 7 nitrogen and oxygen atoms in total. The third-order valence-corrected chi connectivity index (χ3v) is 4.72. The topological polar surface area (TPSA) is 88.1 Å². The highest BCUT2D eigenvalue weighted by Gasteiger charge is 2.28. The van der Waals surface area contributed by atoms with Crippen LogP contribution >= 0.6 is 11.6 Å². The lowest BCUT2D eigenvalue weighted by molar-refractivity contribution is -0.206. The molecule has 1 fully saturated rings. The molecule has 0 saturated carbocycles. The molecular weight excluding hydrogens is 380 g/mol. The van der Waals surface area contributed by atoms with Gasteiger partial charge in [-0.25, -0.2) is 9.00 Å². The van der Waals surface area contributed by atoms with E-state index in [4.69, 9.17) is 25.7 Å². The fraction of sp³-hybridized carbons (Fsp3) is 0.588. The summed E-state index contributed by atoms with van der Waals surface area (Å²) in [5.41, 5.74) is -0.0717. The first-order valence-electron chi connectivity index (χ1n) is 8.42. The van der Waals surface area contributed by atoms with Crippen molar-refractivity contribution in [3.63, 3.8) is 0 Å². The molecule has 2 N–H and O–H groups in total. The average Bonchev–Trinajstić information content (AvgIpc) is 2.54. The fourth-order valence-electron chi connectivity index (χ4n) is 2.41. The van der Waals surface area contributed by atoms with Gasteiger partial charge in [-0.2, -0.15) is 0 Å². The van der Waals surface area contributed by atoms with Crippen molar-refractivity contribution in [3.8, 4) is 5.75 Å². The quantitative estimate of drug-likeness (QED) is 0.705. The first-order valence-corrected chi connectivity index (χ1v) is 9.91. The Balaban J connectivity index is 1.78. The highest BCUT2D eigenvalue weighted by Crippen LogP contribution is 2.29. The summed E-state index contributed by atoms with van der Waals surface area (Å²) in [6, 6.07) is 4.83. The van der Waals surface area contributed by atoms with Crippen LogP contribution in [0.3, 0.4) is 0 Å². The first kappa shape index (κ1) is 21.0. The van der Waals surface area contributed by atoms with Crippen molar-refractivity contribution in [2.45, 2.75) is 33.6 Å². The van der Waals surface area contributed by atoms with Gasteiger partial charge in [0, 0.05) is 13.1 Å². The Morgan fingerprint density at radius 2 is 2.04 bits per heavy atom. The summed E-state index contributed by atoms with van der Waals surface area (Å²) in [6.07, 6.45) is 1.72. The number of nitrogens with zero attached hydrogens (tertiary/aromatic N) is 1. The molecule has 1 aromatic rings. The number of piperidine rings is 1. The standard InChI is InChI=1S/C17H25ClN2O5S/c1-17(2,3)16(21)25-20-8-6-12(7-9-20)11-24-15-5-4-13(10-14(15)18)19-26(22)23/h4-5,10,12,19H,6-9,11H2,1-3H3,(H,22,23). The van der Waals surface area contributed by atoms with Gasteiger partial charge in [0.15, 0.2) is 0 Å². The van der Waals surface area contributed by atoms with Gasteiger partial charge < -0.3 is 9.57 Å². The molecule has 2 rings (SSSR count). The van der Waals surface area contributed by atoms with E-state index in [2.05, 4.69) is 4.72 Å². The minimum atomic E-state index is -2.14. The van der Waals surface area contributed by atoms with E-state index in [-0.39, 0.29) is 5.97 Å². The lowest BCUT2D eigenvalue weighted by atomic mass is 9.97. The number of ether oxygens (including phenoxy) is 1. The summed E-state index contributed by atoms with van der Waals surface area (Å²) in [5.74, 6) is 0.650. The molecule has 1 heterocycles. The normalized spacial score (nSPS) is 17.6. The second kappa shape index (κ2) is 9.03. The summed E-state index contributed by atoms with van der Waals surface area (Å²) in [5, 5.41) is 2.09. The van der Waals surface area contributed by atoms with Gasteiger partial charge in [0.2, 0.25) is 0 Å². The van der Waals surface area contributed by atoms with Gasteiger partial charge in [0.25, 0.3) is 11.3 Å². The summed E-state index contributed by atoms with van der Waals surface area (Å²) in [4.78, 5) is 17.3. The predicted molar refractivity (Wildman–Crippen MR) is 101 cm³/mol. The van der Waals surface area contributed by atoms with Crippen molar-refractivity contribution >= 4 is 34.5 Å². The van der Waals surface area contributed by atoms with Gasteiger partial charge in [-0.15, -0.1) is 5.06 Å². The minimum absolute atomic E-state index is 0.225. The van der Waals surface area contributed by atoms with E-state index in [1.807, 2.05) is 20.8 Å². The maximum Gasteiger partial charge on any atom is 0.330 e. The van der Waals surface area contributed by atoms with E-state index >= 15 is 0 Å². The summed E-state index contributed by atoms with van der Waals surface area (Å²) in [7, 11) is 0. The largest absolute Gasteiger partial charge is 0.492 e. The van der Waals surface area contributed by atoms with Gasteiger partial charge in [0.05, 0.1) is 22.7 Å². The molecule has 26 heavy (non-hydrogen) atoms. The average molecular weight is 405 g/mol. The molecule has 1 aliphatic heterocycles. The number of carbonyl (C=O) groups is 1. The molecule has 1 aromatic carbocycles. The molecule has 0 spiro atoms. The number of hydrogen-bond donors (Lipinski definition) is 2. The maximum atomic E-state index is 11.9. The van der Waals surface area contributed by atoms with Crippen LogP contribution in [0, 0.1) is 11.3 Å². The molecule has 0 aromatic heterocycles. The number of anilines is 1. The van der Waals surface area contributed by atoms with Crippen LogP contribution in [0.1, 0.15) is 33.6 Å². The summed E-state index contributed by atoms with van der Waals surface area (Å²) >= 11 is 4.00. The Morgan fingerprint density at radius 3 is 2.58 bits per heavy atom. The van der Waals surface area contributed by atoms with Crippen LogP contribution in [0.15, 0.2) is 18.2 Å². The van der Waals surface area contributed by atoms with E-state index < -0.39 is 16.7 Å². The molecule has 146 valence electrons. The van der Waals surface area contributed by atoms with Crippen LogP contribution < -0.4 is 9.46 Å². The van der Waals surface area contributed by atoms with E-state index in [0.717, 1.165) is 12.8 Å². The zero-order valence-corrected chi connectivity index (χ0v) is 16.7. The van der Waals surface area contributed by atoms with Gasteiger partial charge in [-0.3, -0.25) is 9.27 Å². The monoisotopic (exact) mass is 404 g/mol. The van der Waals surface area contributed by atoms with Gasteiger partial charge in [-0.1, -0.05) is 11.6 Å². The van der Waals surface area contributed by atoms with E-state index in [0.29, 0.717) is 42.1 Å².